The van der Waals surface area contributed by atoms with E-state index < -0.39 is 11.9 Å². The average Bonchev–Trinajstić information content (AvgIpc) is 2.76. The molecule has 3 rings (SSSR count). The summed E-state index contributed by atoms with van der Waals surface area (Å²) in [7, 11) is 1.70. The van der Waals surface area contributed by atoms with Gasteiger partial charge in [0, 0.05) is 61.4 Å². The number of ether oxygens (including phenoxy) is 1. The Morgan fingerprint density at radius 2 is 1.62 bits per heavy atom. The third-order valence-electron chi connectivity index (χ3n) is 4.81. The van der Waals surface area contributed by atoms with Gasteiger partial charge in [-0.2, -0.15) is 0 Å². The van der Waals surface area contributed by atoms with E-state index in [1.54, 1.807) is 19.2 Å². The molecule has 1 aliphatic rings. The highest BCUT2D eigenvalue weighted by atomic mass is 79.9. The standard InChI is InChI=1S/C19H22BrN3O3.C2H2O4/c1-26-19-6-5-17(20)12-16(19)14-22-9-7-21(8-10-22)13-15-3-2-4-18(11-15)23(24)25;3-1(4)2(5)6/h2-6,11-12H,7-10,13-14H2,1H3;(H,3,4)(H,5,6). The SMILES string of the molecule is COc1ccc(Br)cc1CN1CCN(Cc2cccc([N+](=O)[O-])c2)CC1.O=C(O)C(=O)O. The molecule has 0 aromatic heterocycles. The van der Waals surface area contributed by atoms with Crippen LogP contribution in [0.15, 0.2) is 46.9 Å². The molecule has 0 atom stereocenters. The average molecular weight is 510 g/mol. The molecule has 1 heterocycles. The fourth-order valence-corrected chi connectivity index (χ4v) is 3.65. The predicted molar refractivity (Wildman–Crippen MR) is 120 cm³/mol. The van der Waals surface area contributed by atoms with Crippen molar-refractivity contribution in [2.24, 2.45) is 0 Å². The molecule has 172 valence electrons. The molecule has 2 aromatic rings. The van der Waals surface area contributed by atoms with Crippen molar-refractivity contribution in [1.82, 2.24) is 9.80 Å². The van der Waals surface area contributed by atoms with Crippen molar-refractivity contribution in [3.05, 3.63) is 68.2 Å². The third-order valence-corrected chi connectivity index (χ3v) is 5.31. The van der Waals surface area contributed by atoms with E-state index in [0.717, 1.165) is 55.1 Å². The van der Waals surface area contributed by atoms with Gasteiger partial charge in [0.2, 0.25) is 0 Å². The van der Waals surface area contributed by atoms with Crippen LogP contribution in [0, 0.1) is 10.1 Å². The van der Waals surface area contributed by atoms with Crippen LogP contribution in [0.4, 0.5) is 5.69 Å². The Morgan fingerprint density at radius 3 is 2.16 bits per heavy atom. The monoisotopic (exact) mass is 509 g/mol. The lowest BCUT2D eigenvalue weighted by molar-refractivity contribution is -0.384. The second-order valence-corrected chi connectivity index (χ2v) is 7.96. The summed E-state index contributed by atoms with van der Waals surface area (Å²) in [4.78, 5) is 33.5. The number of carboxylic acid groups (broad SMARTS) is 2. The van der Waals surface area contributed by atoms with Gasteiger partial charge >= 0.3 is 11.9 Å². The number of rotatable bonds is 6. The van der Waals surface area contributed by atoms with E-state index in [1.807, 2.05) is 18.2 Å². The molecule has 10 nitrogen and oxygen atoms in total. The molecular formula is C21H24BrN3O7. The number of piperazine rings is 1. The number of aliphatic carboxylic acids is 2. The molecule has 0 bridgehead atoms. The Labute approximate surface area is 193 Å². The van der Waals surface area contributed by atoms with Gasteiger partial charge in [-0.05, 0) is 23.8 Å². The van der Waals surface area contributed by atoms with E-state index in [9.17, 15) is 10.1 Å². The predicted octanol–water partition coefficient (Wildman–Crippen LogP) is 2.84. The minimum absolute atomic E-state index is 0.155. The number of hydrogen-bond donors (Lipinski definition) is 2. The zero-order valence-corrected chi connectivity index (χ0v) is 19.0. The highest BCUT2D eigenvalue weighted by Crippen LogP contribution is 2.25. The van der Waals surface area contributed by atoms with Gasteiger partial charge in [0.25, 0.3) is 5.69 Å². The maximum atomic E-state index is 10.9. The summed E-state index contributed by atoms with van der Waals surface area (Å²) in [6.07, 6.45) is 0. The molecule has 1 saturated heterocycles. The number of non-ortho nitro benzene ring substituents is 1. The highest BCUT2D eigenvalue weighted by Gasteiger charge is 2.19. The molecule has 11 heteroatoms. The first kappa shape index (κ1) is 25.2. The van der Waals surface area contributed by atoms with Crippen LogP contribution in [0.1, 0.15) is 11.1 Å². The number of carbonyl (C=O) groups is 2. The number of nitro benzene ring substituents is 1. The van der Waals surface area contributed by atoms with Crippen LogP contribution >= 0.6 is 15.9 Å². The number of hydrogen-bond acceptors (Lipinski definition) is 7. The van der Waals surface area contributed by atoms with Gasteiger partial charge in [0.05, 0.1) is 12.0 Å². The van der Waals surface area contributed by atoms with Gasteiger partial charge in [-0.25, -0.2) is 9.59 Å². The van der Waals surface area contributed by atoms with E-state index in [0.29, 0.717) is 0 Å². The maximum Gasteiger partial charge on any atom is 0.414 e. The number of methoxy groups -OCH3 is 1. The molecule has 1 fully saturated rings. The summed E-state index contributed by atoms with van der Waals surface area (Å²) < 4.78 is 6.51. The maximum absolute atomic E-state index is 10.9. The quantitative estimate of drug-likeness (QED) is 0.342. The van der Waals surface area contributed by atoms with Gasteiger partial charge in [0.15, 0.2) is 0 Å². The van der Waals surface area contributed by atoms with Crippen LogP contribution in [0.25, 0.3) is 0 Å². The van der Waals surface area contributed by atoms with Crippen LogP contribution in [0.3, 0.4) is 0 Å². The lowest BCUT2D eigenvalue weighted by atomic mass is 10.1. The summed E-state index contributed by atoms with van der Waals surface area (Å²) in [5.74, 6) is -2.74. The van der Waals surface area contributed by atoms with E-state index in [-0.39, 0.29) is 10.6 Å². The molecule has 0 unspecified atom stereocenters. The first-order chi connectivity index (χ1) is 15.2. The highest BCUT2D eigenvalue weighted by molar-refractivity contribution is 9.10. The molecule has 0 radical (unpaired) electrons. The molecule has 0 saturated carbocycles. The minimum atomic E-state index is -1.82. The van der Waals surface area contributed by atoms with Crippen molar-refractivity contribution in [3.8, 4) is 5.75 Å². The molecular weight excluding hydrogens is 486 g/mol. The van der Waals surface area contributed by atoms with Crippen LogP contribution in [-0.4, -0.2) is 70.2 Å². The van der Waals surface area contributed by atoms with E-state index in [1.165, 1.54) is 11.6 Å². The fraction of sp³-hybridized carbons (Fsp3) is 0.333. The first-order valence-corrected chi connectivity index (χ1v) is 10.5. The Bertz CT molecular complexity index is 950. The topological polar surface area (TPSA) is 133 Å². The second kappa shape index (κ2) is 12.1. The van der Waals surface area contributed by atoms with Crippen molar-refractivity contribution in [2.75, 3.05) is 33.3 Å². The molecule has 1 aliphatic heterocycles. The number of nitro groups is 1. The van der Waals surface area contributed by atoms with Crippen molar-refractivity contribution < 1.29 is 29.5 Å². The largest absolute Gasteiger partial charge is 0.496 e. The van der Waals surface area contributed by atoms with Crippen molar-refractivity contribution in [1.29, 1.82) is 0 Å². The molecule has 2 aromatic carbocycles. The summed E-state index contributed by atoms with van der Waals surface area (Å²) in [6.45, 7) is 5.41. The Kier molecular flexibility index (Phi) is 9.57. The first-order valence-electron chi connectivity index (χ1n) is 9.66. The van der Waals surface area contributed by atoms with E-state index >= 15 is 0 Å². The fourth-order valence-electron chi connectivity index (χ4n) is 3.24. The Balaban J connectivity index is 0.000000534. The summed E-state index contributed by atoms with van der Waals surface area (Å²) in [5, 5.41) is 25.7. The second-order valence-electron chi connectivity index (χ2n) is 7.05. The minimum Gasteiger partial charge on any atom is -0.496 e. The normalized spacial score (nSPS) is 14.2. The summed E-state index contributed by atoms with van der Waals surface area (Å²) in [6, 6.07) is 13.0. The number of benzene rings is 2. The van der Waals surface area contributed by atoms with Gasteiger partial charge in [0.1, 0.15) is 5.75 Å². The van der Waals surface area contributed by atoms with E-state index in [4.69, 9.17) is 24.5 Å². The van der Waals surface area contributed by atoms with Crippen molar-refractivity contribution >= 4 is 33.6 Å². The lowest BCUT2D eigenvalue weighted by Crippen LogP contribution is -2.45. The Hall–Kier alpha value is -3.02. The molecule has 0 aliphatic carbocycles. The van der Waals surface area contributed by atoms with Crippen LogP contribution in [0.2, 0.25) is 0 Å². The molecule has 0 amide bonds. The number of nitrogens with zero attached hydrogens (tertiary/aromatic N) is 3. The van der Waals surface area contributed by atoms with Crippen LogP contribution < -0.4 is 4.74 Å². The third kappa shape index (κ3) is 7.91. The van der Waals surface area contributed by atoms with Gasteiger partial charge < -0.3 is 14.9 Å². The van der Waals surface area contributed by atoms with Crippen molar-refractivity contribution in [2.45, 2.75) is 13.1 Å². The summed E-state index contributed by atoms with van der Waals surface area (Å²) in [5.41, 5.74) is 2.32. The number of halogens is 1. The Morgan fingerprint density at radius 1 is 1.03 bits per heavy atom. The van der Waals surface area contributed by atoms with Gasteiger partial charge in [-0.15, -0.1) is 0 Å². The zero-order chi connectivity index (χ0) is 23.7. The van der Waals surface area contributed by atoms with E-state index in [2.05, 4.69) is 31.8 Å². The molecule has 2 N–H and O–H groups in total. The van der Waals surface area contributed by atoms with Crippen LogP contribution in [0.5, 0.6) is 5.75 Å². The number of carboxylic acids is 2. The molecule has 0 spiro atoms. The lowest BCUT2D eigenvalue weighted by Gasteiger charge is -2.35. The summed E-state index contributed by atoms with van der Waals surface area (Å²) >= 11 is 3.52. The van der Waals surface area contributed by atoms with Crippen molar-refractivity contribution in [3.63, 3.8) is 0 Å². The van der Waals surface area contributed by atoms with Gasteiger partial charge in [-0.1, -0.05) is 28.1 Å². The smallest absolute Gasteiger partial charge is 0.414 e. The van der Waals surface area contributed by atoms with Gasteiger partial charge in [-0.3, -0.25) is 19.9 Å². The molecule has 32 heavy (non-hydrogen) atoms. The zero-order valence-electron chi connectivity index (χ0n) is 17.4. The van der Waals surface area contributed by atoms with Crippen LogP contribution in [-0.2, 0) is 22.7 Å².